The van der Waals surface area contributed by atoms with Gasteiger partial charge in [-0.25, -0.2) is 19.9 Å². The molecular weight excluding hydrogens is 420 g/mol. The summed E-state index contributed by atoms with van der Waals surface area (Å²) in [5.74, 6) is -0.322. The number of imidazole rings is 1. The first-order valence-electron chi connectivity index (χ1n) is 9.30. The summed E-state index contributed by atoms with van der Waals surface area (Å²) in [5, 5.41) is 6.30. The van der Waals surface area contributed by atoms with Crippen LogP contribution >= 0.6 is 7.14 Å². The normalized spacial score (nSPS) is 18.0. The average molecular weight is 440 g/mol. The summed E-state index contributed by atoms with van der Waals surface area (Å²) in [6, 6.07) is 0.0165. The van der Waals surface area contributed by atoms with Gasteiger partial charge in [-0.15, -0.1) is 0 Å². The van der Waals surface area contributed by atoms with E-state index >= 15 is 0 Å². The molecule has 1 aliphatic rings. The van der Waals surface area contributed by atoms with Crippen molar-refractivity contribution in [2.45, 2.75) is 25.1 Å². The van der Waals surface area contributed by atoms with Crippen LogP contribution in [0, 0.1) is 0 Å². The van der Waals surface area contributed by atoms with Crippen molar-refractivity contribution in [3.8, 4) is 5.82 Å². The maximum Gasteiger partial charge on any atom is 0.421 e. The summed E-state index contributed by atoms with van der Waals surface area (Å²) < 4.78 is 54.7. The Labute approximate surface area is 169 Å². The third-order valence-corrected chi connectivity index (χ3v) is 6.10. The molecule has 1 atom stereocenters. The predicted molar refractivity (Wildman–Crippen MR) is 106 cm³/mol. The van der Waals surface area contributed by atoms with Crippen molar-refractivity contribution in [2.75, 3.05) is 31.7 Å². The van der Waals surface area contributed by atoms with Crippen molar-refractivity contribution in [1.29, 1.82) is 0 Å². The largest absolute Gasteiger partial charge is 0.421 e. The minimum absolute atomic E-state index is 0.0165. The summed E-state index contributed by atoms with van der Waals surface area (Å²) >= 11 is 0. The smallest absolute Gasteiger partial charge is 0.350 e. The molecule has 0 aliphatic carbocycles. The Morgan fingerprint density at radius 3 is 2.70 bits per heavy atom. The molecule has 0 amide bonds. The number of hydrogen-bond donors (Lipinski definition) is 2. The summed E-state index contributed by atoms with van der Waals surface area (Å²) in [6.45, 7) is 4.60. The molecule has 0 radical (unpaired) electrons. The maximum absolute atomic E-state index is 13.7. The minimum Gasteiger partial charge on any atom is -0.350 e. The molecule has 0 bridgehead atoms. The molecule has 1 fully saturated rings. The highest BCUT2D eigenvalue weighted by molar-refractivity contribution is 7.70. The zero-order chi connectivity index (χ0) is 21.5. The molecule has 13 heteroatoms. The molecule has 9 nitrogen and oxygen atoms in total. The predicted octanol–water partition coefficient (Wildman–Crippen LogP) is 2.04. The van der Waals surface area contributed by atoms with E-state index in [4.69, 9.17) is 0 Å². The van der Waals surface area contributed by atoms with Crippen molar-refractivity contribution < 1.29 is 17.7 Å². The lowest BCUT2D eigenvalue weighted by Gasteiger charge is -2.24. The number of fused-ring (bicyclic) bond motifs is 1. The number of anilines is 1. The van der Waals surface area contributed by atoms with Gasteiger partial charge < -0.3 is 15.2 Å². The lowest BCUT2D eigenvalue weighted by atomic mass is 10.1. The molecule has 4 rings (SSSR count). The van der Waals surface area contributed by atoms with Gasteiger partial charge in [-0.1, -0.05) is 0 Å². The monoisotopic (exact) mass is 440 g/mol. The van der Waals surface area contributed by atoms with E-state index in [1.54, 1.807) is 0 Å². The van der Waals surface area contributed by atoms with E-state index < -0.39 is 24.7 Å². The fourth-order valence-electron chi connectivity index (χ4n) is 3.36. The Bertz CT molecular complexity index is 1120. The minimum atomic E-state index is -4.68. The van der Waals surface area contributed by atoms with Crippen molar-refractivity contribution in [3.05, 3.63) is 24.4 Å². The summed E-state index contributed by atoms with van der Waals surface area (Å²) in [4.78, 5) is 20.2. The van der Waals surface area contributed by atoms with E-state index in [2.05, 4.69) is 35.6 Å². The molecule has 3 aromatic heterocycles. The Morgan fingerprint density at radius 2 is 2.03 bits per heavy atom. The zero-order valence-corrected chi connectivity index (χ0v) is 17.2. The van der Waals surface area contributed by atoms with Crippen LogP contribution in [0.3, 0.4) is 0 Å². The lowest BCUT2D eigenvalue weighted by Crippen LogP contribution is -2.38. The Kier molecular flexibility index (Phi) is 5.23. The van der Waals surface area contributed by atoms with E-state index in [-0.39, 0.29) is 28.6 Å². The quantitative estimate of drug-likeness (QED) is 0.593. The molecule has 0 unspecified atom stereocenters. The van der Waals surface area contributed by atoms with Gasteiger partial charge in [0.25, 0.3) is 0 Å². The van der Waals surface area contributed by atoms with Gasteiger partial charge in [-0.05, 0) is 32.7 Å². The van der Waals surface area contributed by atoms with Crippen LogP contribution in [0.4, 0.5) is 19.1 Å². The second-order valence-corrected chi connectivity index (χ2v) is 10.6. The number of alkyl halides is 3. The van der Waals surface area contributed by atoms with Crippen LogP contribution in [-0.2, 0) is 10.7 Å². The average Bonchev–Trinajstić information content (AvgIpc) is 3.11. The Balaban J connectivity index is 1.84. The second-order valence-electron chi connectivity index (χ2n) is 7.45. The van der Waals surface area contributed by atoms with Crippen LogP contribution in [0.15, 0.2) is 18.9 Å². The van der Waals surface area contributed by atoms with Crippen LogP contribution < -0.4 is 16.1 Å². The Morgan fingerprint density at radius 1 is 1.23 bits per heavy atom. The van der Waals surface area contributed by atoms with Crippen molar-refractivity contribution >= 4 is 29.7 Å². The van der Waals surface area contributed by atoms with Gasteiger partial charge in [0.2, 0.25) is 5.95 Å². The number of nitrogens with zero attached hydrogens (tertiary/aromatic N) is 6. The molecule has 3 aromatic rings. The first-order chi connectivity index (χ1) is 14.1. The molecule has 0 saturated carbocycles. The molecule has 4 heterocycles. The highest BCUT2D eigenvalue weighted by atomic mass is 31.2. The second kappa shape index (κ2) is 7.59. The number of nitrogens with one attached hydrogen (secondary N) is 2. The number of aromatic nitrogens is 6. The van der Waals surface area contributed by atoms with E-state index in [1.807, 2.05) is 0 Å². The number of halogens is 3. The highest BCUT2D eigenvalue weighted by Crippen LogP contribution is 2.37. The first kappa shape index (κ1) is 20.7. The van der Waals surface area contributed by atoms with Crippen molar-refractivity contribution in [3.63, 3.8) is 0 Å². The molecular formula is C17H20F3N8OP. The van der Waals surface area contributed by atoms with E-state index in [9.17, 15) is 17.7 Å². The van der Waals surface area contributed by atoms with Crippen LogP contribution in [0.2, 0.25) is 0 Å². The van der Waals surface area contributed by atoms with Gasteiger partial charge in [0.05, 0.1) is 0 Å². The van der Waals surface area contributed by atoms with Gasteiger partial charge in [-0.3, -0.25) is 4.57 Å². The van der Waals surface area contributed by atoms with Crippen LogP contribution in [-0.4, -0.2) is 61.9 Å². The number of piperidine rings is 1. The van der Waals surface area contributed by atoms with Crippen LogP contribution in [0.1, 0.15) is 18.4 Å². The van der Waals surface area contributed by atoms with Gasteiger partial charge in [-0.2, -0.15) is 18.2 Å². The molecule has 0 spiro atoms. The summed E-state index contributed by atoms with van der Waals surface area (Å²) in [6.07, 6.45) is 0.223. The first-order valence-corrected chi connectivity index (χ1v) is 11.9. The van der Waals surface area contributed by atoms with Gasteiger partial charge in [0.15, 0.2) is 11.5 Å². The van der Waals surface area contributed by atoms with Crippen molar-refractivity contribution in [1.82, 2.24) is 34.8 Å². The van der Waals surface area contributed by atoms with Gasteiger partial charge >= 0.3 is 6.18 Å². The van der Waals surface area contributed by atoms with Crippen LogP contribution in [0.5, 0.6) is 0 Å². The Hall–Kier alpha value is -2.59. The van der Waals surface area contributed by atoms with E-state index in [0.717, 1.165) is 36.5 Å². The fourth-order valence-corrected chi connectivity index (χ4v) is 4.35. The molecule has 0 aromatic carbocycles. The molecule has 1 aliphatic heterocycles. The lowest BCUT2D eigenvalue weighted by molar-refractivity contribution is -0.137. The van der Waals surface area contributed by atoms with Gasteiger partial charge in [0.1, 0.15) is 36.3 Å². The SMILES string of the molecule is CP(C)(=O)c1ncnc2c1ncn2-c1nc(N[C@H]2CCCNC2)ncc1C(F)(F)F. The third kappa shape index (κ3) is 4.01. The molecule has 160 valence electrons. The zero-order valence-electron chi connectivity index (χ0n) is 16.3. The summed E-state index contributed by atoms with van der Waals surface area (Å²) in [7, 11) is -2.82. The molecule has 2 N–H and O–H groups in total. The van der Waals surface area contributed by atoms with Gasteiger partial charge in [0, 0.05) is 18.8 Å². The third-order valence-electron chi connectivity index (χ3n) is 4.76. The van der Waals surface area contributed by atoms with E-state index in [1.165, 1.54) is 19.7 Å². The topological polar surface area (TPSA) is 111 Å². The number of hydrogen-bond acceptors (Lipinski definition) is 8. The number of rotatable bonds is 4. The standard InChI is InChI=1S/C17H20F3N8OP/c1-30(2,29)15-12-14(23-8-24-15)28(9-25-12)13-11(17(18,19)20)7-22-16(27-13)26-10-4-3-5-21-6-10/h7-10,21H,3-6H2,1-2H3,(H,22,26,27)/t10-/m0/s1. The molecule has 1 saturated heterocycles. The maximum atomic E-state index is 13.7. The summed E-state index contributed by atoms with van der Waals surface area (Å²) in [5.41, 5.74) is -0.534. The van der Waals surface area contributed by atoms with Crippen LogP contribution in [0.25, 0.3) is 17.0 Å². The van der Waals surface area contributed by atoms with E-state index in [0.29, 0.717) is 6.54 Å². The van der Waals surface area contributed by atoms with Crippen molar-refractivity contribution in [2.24, 2.45) is 0 Å². The highest BCUT2D eigenvalue weighted by Gasteiger charge is 2.37. The fraction of sp³-hybridized carbons (Fsp3) is 0.471. The molecule has 30 heavy (non-hydrogen) atoms.